The molecule has 2 heteroatoms. The Kier molecular flexibility index (Phi) is 2.66. The number of hydrogen-bond acceptors (Lipinski definition) is 2. The standard InChI is InChI=1S/C10H18O2/c1-2-8-4-3-5-9(8)10-11-6-7-12-10/h8-10H,2-7H2,1H3/t8-,9-/m1/s1. The molecule has 70 valence electrons. The van der Waals surface area contributed by atoms with Crippen molar-refractivity contribution in [1.82, 2.24) is 0 Å². The Morgan fingerprint density at radius 1 is 1.17 bits per heavy atom. The Morgan fingerprint density at radius 2 is 1.92 bits per heavy atom. The lowest BCUT2D eigenvalue weighted by Gasteiger charge is -2.22. The fourth-order valence-electron chi connectivity index (χ4n) is 2.55. The first kappa shape index (κ1) is 8.52. The van der Waals surface area contributed by atoms with Crippen molar-refractivity contribution >= 4 is 0 Å². The van der Waals surface area contributed by atoms with Crippen LogP contribution < -0.4 is 0 Å². The van der Waals surface area contributed by atoms with Crippen LogP contribution in [0.2, 0.25) is 0 Å². The molecular weight excluding hydrogens is 152 g/mol. The van der Waals surface area contributed by atoms with Crippen molar-refractivity contribution in [1.29, 1.82) is 0 Å². The summed E-state index contributed by atoms with van der Waals surface area (Å²) in [6.45, 7) is 3.88. The molecular formula is C10H18O2. The van der Waals surface area contributed by atoms with E-state index < -0.39 is 0 Å². The molecule has 2 rings (SSSR count). The topological polar surface area (TPSA) is 18.5 Å². The van der Waals surface area contributed by atoms with E-state index in [2.05, 4.69) is 6.92 Å². The third kappa shape index (κ3) is 1.50. The van der Waals surface area contributed by atoms with E-state index in [9.17, 15) is 0 Å². The van der Waals surface area contributed by atoms with Crippen molar-refractivity contribution in [2.75, 3.05) is 13.2 Å². The second-order valence-electron chi connectivity index (χ2n) is 3.87. The average Bonchev–Trinajstić information content (AvgIpc) is 2.74. The molecule has 0 amide bonds. The van der Waals surface area contributed by atoms with Gasteiger partial charge in [-0.1, -0.05) is 19.8 Å². The van der Waals surface area contributed by atoms with Gasteiger partial charge in [-0.25, -0.2) is 0 Å². The van der Waals surface area contributed by atoms with Gasteiger partial charge in [0.15, 0.2) is 6.29 Å². The SMILES string of the molecule is CC[C@@H]1CCC[C@H]1C1OCCO1. The molecule has 2 atom stereocenters. The molecule has 12 heavy (non-hydrogen) atoms. The molecule has 2 fully saturated rings. The summed E-state index contributed by atoms with van der Waals surface area (Å²) < 4.78 is 11.1. The molecule has 2 nitrogen and oxygen atoms in total. The van der Waals surface area contributed by atoms with E-state index in [0.29, 0.717) is 5.92 Å². The molecule has 1 saturated heterocycles. The maximum absolute atomic E-state index is 5.55. The van der Waals surface area contributed by atoms with Gasteiger partial charge in [-0.05, 0) is 18.8 Å². The van der Waals surface area contributed by atoms with Gasteiger partial charge in [-0.3, -0.25) is 0 Å². The summed E-state index contributed by atoms with van der Waals surface area (Å²) in [5.41, 5.74) is 0. The van der Waals surface area contributed by atoms with Gasteiger partial charge in [-0.15, -0.1) is 0 Å². The van der Waals surface area contributed by atoms with Crippen LogP contribution in [-0.2, 0) is 9.47 Å². The van der Waals surface area contributed by atoms with Crippen molar-refractivity contribution < 1.29 is 9.47 Å². The quantitative estimate of drug-likeness (QED) is 0.632. The van der Waals surface area contributed by atoms with Gasteiger partial charge in [0.1, 0.15) is 0 Å². The number of rotatable bonds is 2. The zero-order valence-electron chi connectivity index (χ0n) is 7.79. The zero-order valence-corrected chi connectivity index (χ0v) is 7.79. The Bertz CT molecular complexity index is 141. The lowest BCUT2D eigenvalue weighted by atomic mass is 9.93. The van der Waals surface area contributed by atoms with Crippen LogP contribution in [0.3, 0.4) is 0 Å². The zero-order chi connectivity index (χ0) is 8.39. The normalized spacial score (nSPS) is 37.8. The van der Waals surface area contributed by atoms with Gasteiger partial charge in [0.2, 0.25) is 0 Å². The largest absolute Gasteiger partial charge is 0.350 e. The lowest BCUT2D eigenvalue weighted by Crippen LogP contribution is -2.24. The summed E-state index contributed by atoms with van der Waals surface area (Å²) in [6.07, 6.45) is 5.48. The van der Waals surface area contributed by atoms with E-state index in [0.717, 1.165) is 19.1 Å². The molecule has 0 unspecified atom stereocenters. The van der Waals surface area contributed by atoms with Crippen molar-refractivity contribution in [3.63, 3.8) is 0 Å². The highest BCUT2D eigenvalue weighted by molar-refractivity contribution is 4.80. The van der Waals surface area contributed by atoms with E-state index in [1.165, 1.54) is 25.7 Å². The number of ether oxygens (including phenoxy) is 2. The second kappa shape index (κ2) is 3.75. The van der Waals surface area contributed by atoms with Gasteiger partial charge in [-0.2, -0.15) is 0 Å². The summed E-state index contributed by atoms with van der Waals surface area (Å²) in [7, 11) is 0. The van der Waals surface area contributed by atoms with Crippen LogP contribution in [0.1, 0.15) is 32.6 Å². The Hall–Kier alpha value is -0.0800. The van der Waals surface area contributed by atoms with Crippen LogP contribution in [0.25, 0.3) is 0 Å². The molecule has 2 aliphatic rings. The van der Waals surface area contributed by atoms with E-state index in [1.807, 2.05) is 0 Å². The molecule has 1 aliphatic carbocycles. The highest BCUT2D eigenvalue weighted by atomic mass is 16.7. The van der Waals surface area contributed by atoms with Crippen molar-refractivity contribution in [2.24, 2.45) is 11.8 Å². The Morgan fingerprint density at radius 3 is 2.58 bits per heavy atom. The summed E-state index contributed by atoms with van der Waals surface area (Å²) in [5.74, 6) is 1.55. The predicted molar refractivity (Wildman–Crippen MR) is 46.8 cm³/mol. The molecule has 1 heterocycles. The van der Waals surface area contributed by atoms with Gasteiger partial charge in [0.25, 0.3) is 0 Å². The average molecular weight is 170 g/mol. The summed E-state index contributed by atoms with van der Waals surface area (Å²) >= 11 is 0. The molecule has 1 aliphatic heterocycles. The highest BCUT2D eigenvalue weighted by Crippen LogP contribution is 2.38. The fourth-order valence-corrected chi connectivity index (χ4v) is 2.55. The molecule has 0 aromatic heterocycles. The number of hydrogen-bond donors (Lipinski definition) is 0. The van der Waals surface area contributed by atoms with Gasteiger partial charge in [0.05, 0.1) is 13.2 Å². The van der Waals surface area contributed by atoms with Gasteiger partial charge in [0, 0.05) is 5.92 Å². The van der Waals surface area contributed by atoms with Crippen molar-refractivity contribution in [3.8, 4) is 0 Å². The van der Waals surface area contributed by atoms with Crippen molar-refractivity contribution in [3.05, 3.63) is 0 Å². The van der Waals surface area contributed by atoms with Crippen LogP contribution in [0, 0.1) is 11.8 Å². The highest BCUT2D eigenvalue weighted by Gasteiger charge is 2.35. The molecule has 0 aromatic rings. The van der Waals surface area contributed by atoms with E-state index in [-0.39, 0.29) is 6.29 Å². The first-order valence-electron chi connectivity index (χ1n) is 5.15. The van der Waals surface area contributed by atoms with Gasteiger partial charge >= 0.3 is 0 Å². The van der Waals surface area contributed by atoms with E-state index in [1.54, 1.807) is 0 Å². The maximum atomic E-state index is 5.55. The van der Waals surface area contributed by atoms with Gasteiger partial charge < -0.3 is 9.47 Å². The van der Waals surface area contributed by atoms with Crippen molar-refractivity contribution in [2.45, 2.75) is 38.9 Å². The minimum Gasteiger partial charge on any atom is -0.350 e. The first-order valence-corrected chi connectivity index (χ1v) is 5.15. The second-order valence-corrected chi connectivity index (χ2v) is 3.87. The summed E-state index contributed by atoms with van der Waals surface area (Å²) in [6, 6.07) is 0. The molecule has 0 N–H and O–H groups in total. The summed E-state index contributed by atoms with van der Waals surface area (Å²) in [5, 5.41) is 0. The molecule has 0 radical (unpaired) electrons. The Balaban J connectivity index is 1.92. The van der Waals surface area contributed by atoms with Crippen LogP contribution in [0.5, 0.6) is 0 Å². The first-order chi connectivity index (χ1) is 5.92. The minimum atomic E-state index is 0.137. The third-order valence-corrected chi connectivity index (χ3v) is 3.24. The van der Waals surface area contributed by atoms with E-state index >= 15 is 0 Å². The third-order valence-electron chi connectivity index (χ3n) is 3.24. The minimum absolute atomic E-state index is 0.137. The maximum Gasteiger partial charge on any atom is 0.160 e. The fraction of sp³-hybridized carbons (Fsp3) is 1.00. The predicted octanol–water partition coefficient (Wildman–Crippen LogP) is 2.19. The molecule has 0 spiro atoms. The van der Waals surface area contributed by atoms with E-state index in [4.69, 9.17) is 9.47 Å². The lowest BCUT2D eigenvalue weighted by molar-refractivity contribution is -0.0935. The summed E-state index contributed by atoms with van der Waals surface area (Å²) in [4.78, 5) is 0. The van der Waals surface area contributed by atoms with Crippen LogP contribution >= 0.6 is 0 Å². The van der Waals surface area contributed by atoms with Crippen LogP contribution in [0.15, 0.2) is 0 Å². The Labute approximate surface area is 74.2 Å². The van der Waals surface area contributed by atoms with Crippen LogP contribution in [-0.4, -0.2) is 19.5 Å². The molecule has 0 bridgehead atoms. The monoisotopic (exact) mass is 170 g/mol. The molecule has 1 saturated carbocycles. The smallest absolute Gasteiger partial charge is 0.160 e. The molecule has 0 aromatic carbocycles. The van der Waals surface area contributed by atoms with Crippen LogP contribution in [0.4, 0.5) is 0 Å².